The van der Waals surface area contributed by atoms with Gasteiger partial charge in [-0.05, 0) is 109 Å². The second kappa shape index (κ2) is 58.9. The zero-order valence-electron chi connectivity index (χ0n) is 46.5. The van der Waals surface area contributed by atoms with Crippen LogP contribution in [0.3, 0.4) is 0 Å². The quantitative estimate of drug-likeness (QED) is 0.0261. The Morgan fingerprint density at radius 2 is 0.592 bits per heavy atom. The number of esters is 3. The van der Waals surface area contributed by atoms with Gasteiger partial charge in [0.05, 0.1) is 0 Å². The molecule has 0 saturated carbocycles. The van der Waals surface area contributed by atoms with Gasteiger partial charge >= 0.3 is 17.9 Å². The molecule has 0 fully saturated rings. The smallest absolute Gasteiger partial charge is 0.306 e. The van der Waals surface area contributed by atoms with Gasteiger partial charge in [-0.15, -0.1) is 0 Å². The summed E-state index contributed by atoms with van der Waals surface area (Å²) >= 11 is 0. The van der Waals surface area contributed by atoms with Gasteiger partial charge in [0, 0.05) is 19.3 Å². The molecule has 0 aromatic rings. The van der Waals surface area contributed by atoms with Crippen LogP contribution in [0.2, 0.25) is 0 Å². The maximum atomic E-state index is 12.8. The van der Waals surface area contributed by atoms with E-state index in [1.807, 2.05) is 0 Å². The lowest BCUT2D eigenvalue weighted by Crippen LogP contribution is -2.30. The van der Waals surface area contributed by atoms with Crippen molar-refractivity contribution in [3.63, 3.8) is 0 Å². The van der Waals surface area contributed by atoms with Crippen molar-refractivity contribution < 1.29 is 28.6 Å². The minimum atomic E-state index is -0.814. The Bertz CT molecular complexity index is 1410. The molecule has 71 heavy (non-hydrogen) atoms. The summed E-state index contributed by atoms with van der Waals surface area (Å²) in [6.45, 7) is 6.41. The van der Waals surface area contributed by atoms with Gasteiger partial charge in [-0.2, -0.15) is 0 Å². The minimum absolute atomic E-state index is 0.105. The molecule has 0 aromatic carbocycles. The summed E-state index contributed by atoms with van der Waals surface area (Å²) in [6, 6.07) is 0. The first kappa shape index (κ1) is 67.3. The van der Waals surface area contributed by atoms with Crippen LogP contribution in [-0.2, 0) is 28.6 Å². The van der Waals surface area contributed by atoms with Crippen molar-refractivity contribution in [1.29, 1.82) is 0 Å². The number of hydrogen-bond acceptors (Lipinski definition) is 6. The van der Waals surface area contributed by atoms with Gasteiger partial charge in [-0.3, -0.25) is 14.4 Å². The lowest BCUT2D eigenvalue weighted by molar-refractivity contribution is -0.167. The summed E-state index contributed by atoms with van der Waals surface area (Å²) in [7, 11) is 0. The largest absolute Gasteiger partial charge is 0.462 e. The van der Waals surface area contributed by atoms with Gasteiger partial charge in [0.25, 0.3) is 0 Å². The predicted molar refractivity (Wildman–Crippen MR) is 307 cm³/mol. The molecular formula is C65H110O6. The standard InChI is InChI=1S/C65H110O6/c1-4-7-10-13-16-19-22-25-27-29-30-31-32-33-34-36-37-40-43-46-49-52-55-58-64(67)70-61-62(60-69-63(66)57-54-51-48-45-42-39-24-21-18-15-12-9-6-3)71-65(68)59-56-53-50-47-44-41-38-35-28-26-23-20-17-14-11-8-5-2/h8,11-12,15,17,20-21,24,26,28-30,38,41,47,50,62H,4-7,9-10,13-14,16,18-19,22-23,25,27,31-37,39-40,42-46,48-49,51-61H2,1-3H3/b11-8-,15-12-,20-17-,24-21-,28-26-,30-29-,41-38-,50-47-. The molecule has 0 saturated heterocycles. The Kier molecular flexibility index (Phi) is 55.9. The highest BCUT2D eigenvalue weighted by Crippen LogP contribution is 2.15. The van der Waals surface area contributed by atoms with Gasteiger partial charge in [0.1, 0.15) is 13.2 Å². The molecule has 0 radical (unpaired) electrons. The van der Waals surface area contributed by atoms with Crippen LogP contribution in [0.25, 0.3) is 0 Å². The molecule has 0 N–H and O–H groups in total. The number of carbonyl (C=O) groups excluding carboxylic acids is 3. The Morgan fingerprint density at radius 1 is 0.296 bits per heavy atom. The van der Waals surface area contributed by atoms with E-state index in [1.54, 1.807) is 0 Å². The molecule has 0 heterocycles. The molecule has 1 unspecified atom stereocenters. The highest BCUT2D eigenvalue weighted by atomic mass is 16.6. The number of allylic oxidation sites excluding steroid dienone is 16. The molecule has 6 nitrogen and oxygen atoms in total. The van der Waals surface area contributed by atoms with Gasteiger partial charge in [-0.1, -0.05) is 246 Å². The summed E-state index contributed by atoms with van der Waals surface area (Å²) < 4.78 is 16.8. The summed E-state index contributed by atoms with van der Waals surface area (Å²) in [6.07, 6.45) is 78.4. The summed E-state index contributed by atoms with van der Waals surface area (Å²) in [5.41, 5.74) is 0. The molecule has 0 aliphatic heterocycles. The van der Waals surface area contributed by atoms with Crippen LogP contribution in [-0.4, -0.2) is 37.2 Å². The van der Waals surface area contributed by atoms with E-state index in [4.69, 9.17) is 14.2 Å². The van der Waals surface area contributed by atoms with Crippen molar-refractivity contribution in [3.05, 3.63) is 97.2 Å². The average Bonchev–Trinajstić information content (AvgIpc) is 3.37. The monoisotopic (exact) mass is 987 g/mol. The van der Waals surface area contributed by atoms with E-state index in [0.29, 0.717) is 19.3 Å². The zero-order chi connectivity index (χ0) is 51.4. The summed E-state index contributed by atoms with van der Waals surface area (Å²) in [4.78, 5) is 38.1. The van der Waals surface area contributed by atoms with E-state index < -0.39 is 6.10 Å². The van der Waals surface area contributed by atoms with E-state index in [0.717, 1.165) is 109 Å². The molecule has 0 aliphatic carbocycles. The Hall–Kier alpha value is -3.67. The maximum absolute atomic E-state index is 12.8. The van der Waals surface area contributed by atoms with E-state index in [1.165, 1.54) is 122 Å². The topological polar surface area (TPSA) is 78.9 Å². The molecule has 0 spiro atoms. The van der Waals surface area contributed by atoms with Gasteiger partial charge < -0.3 is 14.2 Å². The van der Waals surface area contributed by atoms with Crippen LogP contribution >= 0.6 is 0 Å². The van der Waals surface area contributed by atoms with E-state index in [2.05, 4.69) is 118 Å². The van der Waals surface area contributed by atoms with E-state index in [-0.39, 0.29) is 37.5 Å². The second-order valence-electron chi connectivity index (χ2n) is 19.5. The normalized spacial score (nSPS) is 12.8. The average molecular weight is 988 g/mol. The van der Waals surface area contributed by atoms with Gasteiger partial charge in [0.2, 0.25) is 0 Å². The Balaban J connectivity index is 4.40. The van der Waals surface area contributed by atoms with Crippen molar-refractivity contribution in [3.8, 4) is 0 Å². The first-order valence-corrected chi connectivity index (χ1v) is 29.7. The third-order valence-electron chi connectivity index (χ3n) is 12.5. The van der Waals surface area contributed by atoms with Crippen LogP contribution in [0.5, 0.6) is 0 Å². The fourth-order valence-corrected chi connectivity index (χ4v) is 8.10. The highest BCUT2D eigenvalue weighted by molar-refractivity contribution is 5.71. The number of hydrogen-bond donors (Lipinski definition) is 0. The Morgan fingerprint density at radius 3 is 0.972 bits per heavy atom. The maximum Gasteiger partial charge on any atom is 0.306 e. The fraction of sp³-hybridized carbons (Fsp3) is 0.708. The second-order valence-corrected chi connectivity index (χ2v) is 19.5. The fourth-order valence-electron chi connectivity index (χ4n) is 8.10. The number of carbonyl (C=O) groups is 3. The first-order chi connectivity index (χ1) is 35.0. The molecule has 406 valence electrons. The van der Waals surface area contributed by atoms with Gasteiger partial charge in [0.15, 0.2) is 6.10 Å². The van der Waals surface area contributed by atoms with Crippen LogP contribution in [0, 0.1) is 0 Å². The van der Waals surface area contributed by atoms with Crippen molar-refractivity contribution in [2.24, 2.45) is 0 Å². The highest BCUT2D eigenvalue weighted by Gasteiger charge is 2.19. The molecule has 6 heteroatoms. The van der Waals surface area contributed by atoms with E-state index >= 15 is 0 Å². The van der Waals surface area contributed by atoms with Crippen LogP contribution in [0.1, 0.15) is 278 Å². The van der Waals surface area contributed by atoms with Gasteiger partial charge in [-0.25, -0.2) is 0 Å². The van der Waals surface area contributed by atoms with Crippen molar-refractivity contribution >= 4 is 17.9 Å². The third-order valence-corrected chi connectivity index (χ3v) is 12.5. The van der Waals surface area contributed by atoms with Crippen LogP contribution < -0.4 is 0 Å². The lowest BCUT2D eigenvalue weighted by Gasteiger charge is -2.18. The lowest BCUT2D eigenvalue weighted by atomic mass is 10.0. The molecule has 0 amide bonds. The van der Waals surface area contributed by atoms with E-state index in [9.17, 15) is 14.4 Å². The van der Waals surface area contributed by atoms with Crippen molar-refractivity contribution in [1.82, 2.24) is 0 Å². The molecule has 0 rings (SSSR count). The molecule has 0 aromatic heterocycles. The predicted octanol–water partition coefficient (Wildman–Crippen LogP) is 20.1. The third kappa shape index (κ3) is 57.1. The zero-order valence-corrected chi connectivity index (χ0v) is 46.5. The molecule has 1 atom stereocenters. The SMILES string of the molecule is CC/C=C\C/C=C\C/C=C\C/C=C\C/C=C\CCCC(=O)OC(COC(=O)CCCCCCC/C=C\C/C=C\CCC)COC(=O)CCCCCCCCCCCCC/C=C\CCCCCCCCCC. The number of ether oxygens (including phenoxy) is 3. The van der Waals surface area contributed by atoms with Crippen molar-refractivity contribution in [2.75, 3.05) is 13.2 Å². The summed E-state index contributed by atoms with van der Waals surface area (Å²) in [5, 5.41) is 0. The van der Waals surface area contributed by atoms with Crippen LogP contribution in [0.4, 0.5) is 0 Å². The van der Waals surface area contributed by atoms with Crippen molar-refractivity contribution in [2.45, 2.75) is 284 Å². The minimum Gasteiger partial charge on any atom is -0.462 e. The van der Waals surface area contributed by atoms with Crippen LogP contribution in [0.15, 0.2) is 97.2 Å². The molecule has 0 aliphatic rings. The molecular weight excluding hydrogens is 877 g/mol. The number of rotatable bonds is 53. The number of unbranched alkanes of at least 4 members (excludes halogenated alkanes) is 26. The molecule has 0 bridgehead atoms. The summed E-state index contributed by atoms with van der Waals surface area (Å²) in [5.74, 6) is -0.976. The Labute approximate surface area is 438 Å². The first-order valence-electron chi connectivity index (χ1n) is 29.7.